The molecule has 129 heavy (non-hydrogen) atoms. The molecule has 6 aromatic carbocycles. The first kappa shape index (κ1) is 101. The monoisotopic (exact) mass is 1790 g/mol. The van der Waals surface area contributed by atoms with E-state index >= 15 is 33.6 Å². The summed E-state index contributed by atoms with van der Waals surface area (Å²) in [5.41, 5.74) is 9.13. The standard InChI is InChI=1S/C93H118N16O19S/c1-10-12-32-67-84(119)103-73(83(118)96-51-77(94)112)54-129-55-80(115)99-72(44-57-25-17-14-18-26-57)90(125)109(9)76(47-59-29-21-16-22-30-59)92(127)107(7)74(34-13-11-2)91(126)106(6)53-79(114)98-70(49-81(116)117)87(122)104-82(56(3)4)93(128)108(8)75(46-58-27-19-15-20-28-58)88(123)102-71(45-61-37-41-64(111)42-38-61)89(124)105(5)52-78(113)97-69(48-62-50-95-66-33-24-23-31-65(62)66)86(121)101-68(85(120)100-67)43-60-35-39-63(110)40-36-60/h14-31,33,35-42,50,56,67-76,82,95,110-111H,10-13,32,34,43-49,51-55H2,1-9H3,(H2,94,112)(H,96,118)(H,97,113)(H,98,114)(H,99,115)(H,100,120)(H,101,121)(H,102,123)(H,103,119)(H,104,122)(H,116,117)/t67-,68-,69-,70-,71-,72-,73-,74-,75-,76-,82-/m0/s1. The van der Waals surface area contributed by atoms with Gasteiger partial charge in [-0.05, 0) is 82.5 Å². The average Bonchev–Trinajstić information content (AvgIpc) is 1.78. The highest BCUT2D eigenvalue weighted by atomic mass is 32.2. The summed E-state index contributed by atoms with van der Waals surface area (Å²) in [6.07, 6.45) is 0.938. The second kappa shape index (κ2) is 49.4. The van der Waals surface area contributed by atoms with Crippen molar-refractivity contribution < 1.29 is 92.0 Å². The van der Waals surface area contributed by atoms with E-state index in [0.717, 1.165) is 26.5 Å². The maximum Gasteiger partial charge on any atom is 0.305 e. The lowest BCUT2D eigenvalue weighted by molar-refractivity contribution is -0.151. The number of rotatable bonds is 24. The SMILES string of the molecule is CCCC[C@@H]1NC(=O)[C@H](Cc2ccc(O)cc2)NC(=O)[C@H](Cc2c[nH]c3ccccc23)NC(=O)CN(C)C(=O)[C@H](Cc2ccc(O)cc2)NC(=O)[C@H](Cc2ccccc2)N(C)C(=O)[C@H](C(C)C)NC(=O)[C@H](CC(=O)O)NC(=O)CN(C)C(=O)[C@H](CCCC)N(C)C(=O)[C@H](Cc2ccccc2)N(C)C(=O)[C@H](Cc2ccccc2)NC(=O)CSC[C@@H](C(=O)NCC(N)=O)NC1=O. The number of hydrogen-bond acceptors (Lipinski definition) is 19. The van der Waals surface area contributed by atoms with Crippen LogP contribution in [-0.4, -0.2) is 272 Å². The molecule has 35 nitrogen and oxygen atoms in total. The lowest BCUT2D eigenvalue weighted by atomic mass is 9.98. The first-order chi connectivity index (χ1) is 61.5. The number of benzene rings is 6. The predicted molar refractivity (Wildman–Crippen MR) is 482 cm³/mol. The minimum atomic E-state index is -1.91. The molecule has 7 aromatic rings. The molecule has 0 saturated carbocycles. The van der Waals surface area contributed by atoms with Gasteiger partial charge in [0, 0.05) is 96.6 Å². The minimum Gasteiger partial charge on any atom is -0.508 e. The van der Waals surface area contributed by atoms with Gasteiger partial charge in [-0.15, -0.1) is 11.8 Å². The summed E-state index contributed by atoms with van der Waals surface area (Å²) in [5, 5.41) is 55.6. The Kier molecular flexibility index (Phi) is 38.6. The van der Waals surface area contributed by atoms with E-state index in [1.807, 2.05) is 13.8 Å². The average molecular weight is 1800 g/mol. The van der Waals surface area contributed by atoms with Gasteiger partial charge in [0.05, 0.1) is 31.8 Å². The highest BCUT2D eigenvalue weighted by Crippen LogP contribution is 2.25. The Morgan fingerprint density at radius 3 is 1.42 bits per heavy atom. The van der Waals surface area contributed by atoms with Crippen LogP contribution in [0.4, 0.5) is 0 Å². The Bertz CT molecular complexity index is 5050. The number of H-pyrrole nitrogens is 1. The highest BCUT2D eigenvalue weighted by Gasteiger charge is 2.42. The number of nitrogens with two attached hydrogens (primary N) is 1. The van der Waals surface area contributed by atoms with Crippen molar-refractivity contribution in [3.63, 3.8) is 0 Å². The van der Waals surface area contributed by atoms with Crippen LogP contribution in [0.25, 0.3) is 10.9 Å². The molecule has 1 aliphatic heterocycles. The minimum absolute atomic E-state index is 0.0308. The second-order valence-electron chi connectivity index (χ2n) is 32.6. The number of carbonyl (C=O) groups is 16. The molecule has 1 aliphatic rings. The number of para-hydroxylation sites is 1. The molecule has 0 unspecified atom stereocenters. The van der Waals surface area contributed by atoms with Crippen LogP contribution in [0.3, 0.4) is 0 Å². The van der Waals surface area contributed by atoms with Crippen LogP contribution in [0.1, 0.15) is 106 Å². The number of primary amides is 1. The summed E-state index contributed by atoms with van der Waals surface area (Å²) in [4.78, 5) is 243. The van der Waals surface area contributed by atoms with Gasteiger partial charge < -0.3 is 98.4 Å². The highest BCUT2D eigenvalue weighted by molar-refractivity contribution is 8.00. The summed E-state index contributed by atoms with van der Waals surface area (Å²) in [6, 6.07) is 27.3. The molecule has 1 aromatic heterocycles. The Morgan fingerprint density at radius 2 is 0.876 bits per heavy atom. The summed E-state index contributed by atoms with van der Waals surface area (Å²) in [7, 11) is 6.54. The molecular weight excluding hydrogens is 1680 g/mol. The summed E-state index contributed by atoms with van der Waals surface area (Å²) >= 11 is 0.833. The Balaban J connectivity index is 1.21. The maximum atomic E-state index is 15.5. The van der Waals surface area contributed by atoms with Crippen LogP contribution in [0, 0.1) is 5.92 Å². The van der Waals surface area contributed by atoms with E-state index in [0.29, 0.717) is 70.0 Å². The van der Waals surface area contributed by atoms with E-state index in [4.69, 9.17) is 5.73 Å². The van der Waals surface area contributed by atoms with Gasteiger partial charge in [0.2, 0.25) is 88.6 Å². The van der Waals surface area contributed by atoms with Crippen molar-refractivity contribution in [1.82, 2.24) is 77.3 Å². The van der Waals surface area contributed by atoms with Crippen LogP contribution in [0.5, 0.6) is 11.5 Å². The van der Waals surface area contributed by atoms with Crippen molar-refractivity contribution >= 4 is 117 Å². The Labute approximate surface area is 753 Å². The molecule has 8 rings (SSSR count). The fraction of sp³-hybridized carbons (Fsp3) is 0.419. The molecule has 1 fully saturated rings. The smallest absolute Gasteiger partial charge is 0.305 e. The molecule has 36 heteroatoms. The van der Waals surface area contributed by atoms with Crippen LogP contribution < -0.4 is 53.6 Å². The van der Waals surface area contributed by atoms with Crippen molar-refractivity contribution in [2.75, 3.05) is 66.4 Å². The number of carboxylic acid groups (broad SMARTS) is 1. The summed E-state index contributed by atoms with van der Waals surface area (Å²) < 4.78 is 0. The fourth-order valence-corrected chi connectivity index (χ4v) is 15.8. The van der Waals surface area contributed by atoms with Crippen LogP contribution in [0.2, 0.25) is 0 Å². The Hall–Kier alpha value is -13.7. The van der Waals surface area contributed by atoms with Crippen molar-refractivity contribution in [3.8, 4) is 11.5 Å². The molecular formula is C93H118N16O19S. The lowest BCUT2D eigenvalue weighted by Gasteiger charge is -2.37. The fourth-order valence-electron chi connectivity index (χ4n) is 14.9. The molecule has 11 atom stereocenters. The molecule has 15 N–H and O–H groups in total. The number of amides is 15. The quantitative estimate of drug-likeness (QED) is 0.0413. The molecule has 690 valence electrons. The van der Waals surface area contributed by atoms with E-state index in [1.54, 1.807) is 135 Å². The van der Waals surface area contributed by atoms with E-state index < -0.39 is 199 Å². The molecule has 0 spiro atoms. The van der Waals surface area contributed by atoms with Gasteiger partial charge in [-0.2, -0.15) is 0 Å². The number of hydrogen-bond donors (Lipinski definition) is 14. The van der Waals surface area contributed by atoms with E-state index in [1.165, 1.54) is 93.6 Å². The number of fused-ring (bicyclic) bond motifs is 1. The third kappa shape index (κ3) is 30.5. The first-order valence-corrected chi connectivity index (χ1v) is 44.0. The van der Waals surface area contributed by atoms with Crippen LogP contribution in [0.15, 0.2) is 170 Å². The number of phenolic OH excluding ortho intramolecular Hbond substituents is 2. The van der Waals surface area contributed by atoms with E-state index in [9.17, 15) is 58.5 Å². The largest absolute Gasteiger partial charge is 0.508 e. The number of carbonyl (C=O) groups excluding carboxylic acids is 15. The van der Waals surface area contributed by atoms with Crippen molar-refractivity contribution in [2.24, 2.45) is 11.7 Å². The number of thioether (sulfide) groups is 1. The molecule has 1 saturated heterocycles. The van der Waals surface area contributed by atoms with Gasteiger partial charge in [0.15, 0.2) is 0 Å². The van der Waals surface area contributed by atoms with Gasteiger partial charge in [0.25, 0.3) is 0 Å². The number of aliphatic carboxylic acids is 1. The second-order valence-corrected chi connectivity index (χ2v) is 33.6. The maximum absolute atomic E-state index is 15.5. The number of aromatic hydroxyl groups is 2. The van der Waals surface area contributed by atoms with Crippen LogP contribution in [-0.2, 0) is 115 Å². The van der Waals surface area contributed by atoms with Gasteiger partial charge in [-0.1, -0.05) is 187 Å². The number of aromatic nitrogens is 1. The normalized spacial score (nSPS) is 21.9. The zero-order valence-electron chi connectivity index (χ0n) is 73.9. The molecule has 0 aliphatic carbocycles. The summed E-state index contributed by atoms with van der Waals surface area (Å²) in [6.45, 7) is 4.51. The van der Waals surface area contributed by atoms with Crippen LogP contribution >= 0.6 is 11.8 Å². The third-order valence-corrected chi connectivity index (χ3v) is 23.2. The first-order valence-electron chi connectivity index (χ1n) is 42.8. The van der Waals surface area contributed by atoms with Crippen molar-refractivity contribution in [2.45, 2.75) is 178 Å². The van der Waals surface area contributed by atoms with Gasteiger partial charge in [-0.25, -0.2) is 0 Å². The topological polar surface area (TPSA) is 500 Å². The molecule has 2 heterocycles. The number of nitrogens with zero attached hydrogens (tertiary/aromatic N) is 5. The molecule has 0 radical (unpaired) electrons. The predicted octanol–water partition coefficient (Wildman–Crippen LogP) is 2.47. The molecule has 15 amide bonds. The zero-order chi connectivity index (χ0) is 94.1. The molecule has 0 bridgehead atoms. The van der Waals surface area contributed by atoms with E-state index in [2.05, 4.69) is 52.8 Å². The third-order valence-electron chi connectivity index (χ3n) is 22.2. The number of nitrogens with one attached hydrogen (secondary N) is 10. The number of carboxylic acids is 1. The van der Waals surface area contributed by atoms with Gasteiger partial charge in [-0.3, -0.25) is 76.7 Å². The Morgan fingerprint density at radius 1 is 0.442 bits per heavy atom. The zero-order valence-corrected chi connectivity index (χ0v) is 74.7. The van der Waals surface area contributed by atoms with Crippen molar-refractivity contribution in [1.29, 1.82) is 0 Å². The number of likely N-dealkylation sites (N-methyl/N-ethyl adjacent to an activating group) is 5. The van der Waals surface area contributed by atoms with Gasteiger partial charge >= 0.3 is 5.97 Å². The van der Waals surface area contributed by atoms with Crippen molar-refractivity contribution in [3.05, 3.63) is 203 Å². The van der Waals surface area contributed by atoms with E-state index in [-0.39, 0.29) is 68.6 Å². The number of unbranched alkanes of at least 4 members (excludes halogenated alkanes) is 2. The number of phenols is 2. The number of aromatic amines is 1. The summed E-state index contributed by atoms with van der Waals surface area (Å²) in [5.74, 6) is -17.0. The van der Waals surface area contributed by atoms with Gasteiger partial charge in [0.1, 0.15) is 78.0 Å². The lowest BCUT2D eigenvalue weighted by Crippen LogP contribution is -2.61.